The van der Waals surface area contributed by atoms with Crippen molar-refractivity contribution >= 4 is 34.8 Å². The summed E-state index contributed by atoms with van der Waals surface area (Å²) < 4.78 is 7.73. The molecule has 0 radical (unpaired) electrons. The van der Waals surface area contributed by atoms with Crippen LogP contribution in [0.2, 0.25) is 0 Å². The van der Waals surface area contributed by atoms with E-state index in [1.807, 2.05) is 61.7 Å². The first-order chi connectivity index (χ1) is 10.8. The predicted molar refractivity (Wildman–Crippen MR) is 92.3 cm³/mol. The number of nitrogens with zero attached hydrogens (tertiary/aromatic N) is 2. The Labute approximate surface area is 134 Å². The highest BCUT2D eigenvalue weighted by Gasteiger charge is 2.04. The van der Waals surface area contributed by atoms with Crippen LogP contribution in [0.5, 0.6) is 5.75 Å². The first kappa shape index (κ1) is 14.7. The standard InChI is InChI=1S/C18H17ClN2O/c1-21-16-8-4-3-7-15(16)20-18(21)11-10-14-6-2-5-9-17(14)22-13-12-19/h2-11H,12-13H2,1H3. The highest BCUT2D eigenvalue weighted by Crippen LogP contribution is 2.21. The lowest BCUT2D eigenvalue weighted by Gasteiger charge is -2.07. The van der Waals surface area contributed by atoms with Crippen LogP contribution < -0.4 is 4.74 Å². The van der Waals surface area contributed by atoms with E-state index in [1.165, 1.54) is 0 Å². The van der Waals surface area contributed by atoms with Crippen LogP contribution >= 0.6 is 11.6 Å². The Kier molecular flexibility index (Phi) is 4.45. The van der Waals surface area contributed by atoms with Crippen molar-refractivity contribution in [3.8, 4) is 5.75 Å². The Hall–Kier alpha value is -2.26. The van der Waals surface area contributed by atoms with E-state index in [2.05, 4.69) is 15.6 Å². The van der Waals surface area contributed by atoms with Gasteiger partial charge in [-0.1, -0.05) is 30.3 Å². The summed E-state index contributed by atoms with van der Waals surface area (Å²) in [4.78, 5) is 4.63. The van der Waals surface area contributed by atoms with Gasteiger partial charge in [-0.2, -0.15) is 0 Å². The Bertz CT molecular complexity index is 808. The van der Waals surface area contributed by atoms with E-state index in [1.54, 1.807) is 0 Å². The van der Waals surface area contributed by atoms with Crippen LogP contribution in [0.25, 0.3) is 23.2 Å². The number of hydrogen-bond acceptors (Lipinski definition) is 2. The number of hydrogen-bond donors (Lipinski definition) is 0. The fraction of sp³-hybridized carbons (Fsp3) is 0.167. The molecule has 0 bridgehead atoms. The molecule has 0 unspecified atom stereocenters. The number of para-hydroxylation sites is 3. The molecule has 0 saturated carbocycles. The van der Waals surface area contributed by atoms with Gasteiger partial charge in [-0.15, -0.1) is 11.6 Å². The van der Waals surface area contributed by atoms with Crippen LogP contribution in [0.1, 0.15) is 11.4 Å². The third-order valence-electron chi connectivity index (χ3n) is 3.49. The number of benzene rings is 2. The molecule has 112 valence electrons. The van der Waals surface area contributed by atoms with Gasteiger partial charge in [0.2, 0.25) is 0 Å². The first-order valence-corrected chi connectivity index (χ1v) is 7.70. The number of aryl methyl sites for hydroxylation is 1. The van der Waals surface area contributed by atoms with Gasteiger partial charge in [-0.05, 0) is 30.4 Å². The molecule has 0 spiro atoms. The van der Waals surface area contributed by atoms with Crippen molar-refractivity contribution in [2.75, 3.05) is 12.5 Å². The fourth-order valence-corrected chi connectivity index (χ4v) is 2.45. The SMILES string of the molecule is Cn1c(C=Cc2ccccc2OCCCl)nc2ccccc21. The molecule has 1 heterocycles. The minimum Gasteiger partial charge on any atom is -0.492 e. The van der Waals surface area contributed by atoms with Crippen LogP contribution in [0.15, 0.2) is 48.5 Å². The number of aromatic nitrogens is 2. The zero-order chi connectivity index (χ0) is 15.4. The van der Waals surface area contributed by atoms with Crippen LogP contribution in [0.3, 0.4) is 0 Å². The van der Waals surface area contributed by atoms with Gasteiger partial charge >= 0.3 is 0 Å². The van der Waals surface area contributed by atoms with Gasteiger partial charge in [0, 0.05) is 12.6 Å². The zero-order valence-corrected chi connectivity index (χ0v) is 13.1. The van der Waals surface area contributed by atoms with Crippen molar-refractivity contribution in [3.05, 3.63) is 59.9 Å². The second-order valence-electron chi connectivity index (χ2n) is 4.93. The van der Waals surface area contributed by atoms with Crippen molar-refractivity contribution in [1.29, 1.82) is 0 Å². The lowest BCUT2D eigenvalue weighted by Crippen LogP contribution is -1.99. The lowest BCUT2D eigenvalue weighted by atomic mass is 10.2. The third kappa shape index (κ3) is 3.00. The minimum absolute atomic E-state index is 0.475. The predicted octanol–water partition coefficient (Wildman–Crippen LogP) is 4.36. The van der Waals surface area contributed by atoms with Crippen LogP contribution in [-0.2, 0) is 7.05 Å². The molecule has 3 aromatic rings. The molecule has 4 heteroatoms. The largest absolute Gasteiger partial charge is 0.492 e. The molecule has 0 aliphatic carbocycles. The second-order valence-corrected chi connectivity index (χ2v) is 5.30. The second kappa shape index (κ2) is 6.67. The lowest BCUT2D eigenvalue weighted by molar-refractivity contribution is 0.342. The van der Waals surface area contributed by atoms with Gasteiger partial charge in [0.25, 0.3) is 0 Å². The van der Waals surface area contributed by atoms with E-state index in [-0.39, 0.29) is 0 Å². The molecule has 3 nitrogen and oxygen atoms in total. The minimum atomic E-state index is 0.475. The Balaban J connectivity index is 1.91. The van der Waals surface area contributed by atoms with Gasteiger partial charge in [-0.25, -0.2) is 4.98 Å². The first-order valence-electron chi connectivity index (χ1n) is 7.17. The van der Waals surface area contributed by atoms with E-state index < -0.39 is 0 Å². The van der Waals surface area contributed by atoms with Gasteiger partial charge < -0.3 is 9.30 Å². The molecule has 0 N–H and O–H groups in total. The maximum absolute atomic E-state index is 5.69. The van der Waals surface area contributed by atoms with Crippen molar-refractivity contribution < 1.29 is 4.74 Å². The van der Waals surface area contributed by atoms with E-state index in [0.29, 0.717) is 12.5 Å². The molecular weight excluding hydrogens is 296 g/mol. The van der Waals surface area contributed by atoms with Gasteiger partial charge in [0.05, 0.1) is 16.9 Å². The molecule has 1 aromatic heterocycles. The summed E-state index contributed by atoms with van der Waals surface area (Å²) in [6.07, 6.45) is 4.02. The summed E-state index contributed by atoms with van der Waals surface area (Å²) >= 11 is 5.69. The topological polar surface area (TPSA) is 27.1 Å². The number of fused-ring (bicyclic) bond motifs is 1. The zero-order valence-electron chi connectivity index (χ0n) is 12.4. The van der Waals surface area contributed by atoms with Crippen molar-refractivity contribution in [2.24, 2.45) is 7.05 Å². The molecule has 0 amide bonds. The van der Waals surface area contributed by atoms with E-state index in [4.69, 9.17) is 16.3 Å². The molecule has 2 aromatic carbocycles. The summed E-state index contributed by atoms with van der Waals surface area (Å²) in [5.41, 5.74) is 3.13. The maximum atomic E-state index is 5.69. The number of ether oxygens (including phenoxy) is 1. The summed E-state index contributed by atoms with van der Waals surface area (Å²) in [7, 11) is 2.02. The number of rotatable bonds is 5. The highest BCUT2D eigenvalue weighted by molar-refractivity contribution is 6.18. The molecule has 0 atom stereocenters. The average Bonchev–Trinajstić information content (AvgIpc) is 2.88. The molecular formula is C18H17ClN2O. The average molecular weight is 313 g/mol. The molecule has 0 fully saturated rings. The summed E-state index contributed by atoms with van der Waals surface area (Å²) in [6.45, 7) is 0.499. The summed E-state index contributed by atoms with van der Waals surface area (Å²) in [5, 5.41) is 0. The quantitative estimate of drug-likeness (QED) is 0.654. The fourth-order valence-electron chi connectivity index (χ4n) is 2.38. The number of alkyl halides is 1. The van der Waals surface area contributed by atoms with E-state index in [0.717, 1.165) is 28.2 Å². The summed E-state index contributed by atoms with van der Waals surface area (Å²) in [6, 6.07) is 16.0. The Morgan fingerprint density at radius 3 is 2.68 bits per heavy atom. The van der Waals surface area contributed by atoms with Crippen LogP contribution in [-0.4, -0.2) is 22.0 Å². The Morgan fingerprint density at radius 1 is 1.09 bits per heavy atom. The molecule has 22 heavy (non-hydrogen) atoms. The third-order valence-corrected chi connectivity index (χ3v) is 3.64. The van der Waals surface area contributed by atoms with Crippen molar-refractivity contribution in [2.45, 2.75) is 0 Å². The van der Waals surface area contributed by atoms with Crippen LogP contribution in [0, 0.1) is 0 Å². The van der Waals surface area contributed by atoms with E-state index in [9.17, 15) is 0 Å². The number of imidazole rings is 1. The van der Waals surface area contributed by atoms with Crippen LogP contribution in [0.4, 0.5) is 0 Å². The normalized spacial score (nSPS) is 11.4. The Morgan fingerprint density at radius 2 is 1.86 bits per heavy atom. The maximum Gasteiger partial charge on any atom is 0.133 e. The summed E-state index contributed by atoms with van der Waals surface area (Å²) in [5.74, 6) is 2.22. The molecule has 0 aliphatic rings. The molecule has 0 aliphatic heterocycles. The molecule has 0 saturated heterocycles. The van der Waals surface area contributed by atoms with Gasteiger partial charge in [0.1, 0.15) is 18.2 Å². The van der Waals surface area contributed by atoms with Gasteiger partial charge in [-0.3, -0.25) is 0 Å². The van der Waals surface area contributed by atoms with Crippen molar-refractivity contribution in [1.82, 2.24) is 9.55 Å². The number of halogens is 1. The smallest absolute Gasteiger partial charge is 0.133 e. The van der Waals surface area contributed by atoms with Crippen molar-refractivity contribution in [3.63, 3.8) is 0 Å². The highest BCUT2D eigenvalue weighted by atomic mass is 35.5. The van der Waals surface area contributed by atoms with Gasteiger partial charge in [0.15, 0.2) is 0 Å². The molecule has 3 rings (SSSR count). The monoisotopic (exact) mass is 312 g/mol. The van der Waals surface area contributed by atoms with E-state index >= 15 is 0 Å².